The number of nitrogens with zero attached hydrogens (tertiary/aromatic N) is 4. The molecule has 280 valence electrons. The lowest BCUT2D eigenvalue weighted by Gasteiger charge is -2.33. The van der Waals surface area contributed by atoms with Gasteiger partial charge in [0.15, 0.2) is 19.0 Å². The van der Waals surface area contributed by atoms with Crippen LogP contribution in [0.4, 0.5) is 79.0 Å². The smallest absolute Gasteiger partial charge is 0.457 e. The molecule has 2 aromatic heterocycles. The predicted molar refractivity (Wildman–Crippen MR) is 135 cm³/mol. The van der Waals surface area contributed by atoms with E-state index < -0.39 is 78.9 Å². The Balaban J connectivity index is 1.80. The number of benzene rings is 2. The van der Waals surface area contributed by atoms with Gasteiger partial charge in [-0.25, -0.2) is 0 Å². The highest BCUT2D eigenvalue weighted by molar-refractivity contribution is 5.95. The number of hydrogen-bond donors (Lipinski definition) is 0. The van der Waals surface area contributed by atoms with Gasteiger partial charge < -0.3 is 14.0 Å². The minimum absolute atomic E-state index is 0.0628. The number of para-hydroxylation sites is 2. The molecule has 0 bridgehead atoms. The molecule has 51 heavy (non-hydrogen) atoms. The molecule has 0 aliphatic carbocycles. The van der Waals surface area contributed by atoms with Gasteiger partial charge in [-0.05, 0) is 18.2 Å². The minimum Gasteiger partial charge on any atom is -0.457 e. The summed E-state index contributed by atoms with van der Waals surface area (Å²) < 4.78 is 250. The van der Waals surface area contributed by atoms with E-state index in [0.717, 1.165) is 6.20 Å². The van der Waals surface area contributed by atoms with Crippen LogP contribution >= 0.6 is 0 Å². The fourth-order valence-corrected chi connectivity index (χ4v) is 4.05. The fraction of sp³-hybridized carbons (Fsp3) is 0.370. The SMILES string of the molecule is FC(F)(F)C(F)(F)C(F)(F)C(F)(F)COc1nc(OCC(F)(F)C(F)(F)C(F)(F)C(F)(F)F)nc(-c2cn(-c3ccccc3)c3ccccc23)n1. The van der Waals surface area contributed by atoms with E-state index in [9.17, 15) is 79.0 Å². The van der Waals surface area contributed by atoms with Crippen molar-refractivity contribution in [1.82, 2.24) is 19.5 Å². The van der Waals surface area contributed by atoms with Crippen LogP contribution in [-0.2, 0) is 0 Å². The van der Waals surface area contributed by atoms with Crippen molar-refractivity contribution < 1.29 is 88.5 Å². The first-order valence-electron chi connectivity index (χ1n) is 13.2. The molecule has 2 heterocycles. The molecule has 0 unspecified atom stereocenters. The monoisotopic (exact) mass is 768 g/mol. The zero-order chi connectivity index (χ0) is 38.6. The third kappa shape index (κ3) is 6.74. The Morgan fingerprint density at radius 3 is 1.33 bits per heavy atom. The third-order valence-corrected chi connectivity index (χ3v) is 6.77. The predicted octanol–water partition coefficient (Wildman–Crippen LogP) is 9.18. The summed E-state index contributed by atoms with van der Waals surface area (Å²) >= 11 is 0. The molecule has 6 nitrogen and oxygen atoms in total. The van der Waals surface area contributed by atoms with Gasteiger partial charge in [-0.2, -0.15) is 89.0 Å². The van der Waals surface area contributed by atoms with Crippen LogP contribution in [0.25, 0.3) is 28.0 Å². The summed E-state index contributed by atoms with van der Waals surface area (Å²) in [4.78, 5) is 9.63. The highest BCUT2D eigenvalue weighted by Crippen LogP contribution is 2.54. The van der Waals surface area contributed by atoms with Gasteiger partial charge in [-0.1, -0.05) is 36.4 Å². The van der Waals surface area contributed by atoms with Gasteiger partial charge in [0.05, 0.1) is 5.52 Å². The van der Waals surface area contributed by atoms with Crippen molar-refractivity contribution >= 4 is 10.9 Å². The number of aromatic nitrogens is 4. The van der Waals surface area contributed by atoms with Crippen molar-refractivity contribution in [2.24, 2.45) is 0 Å². The van der Waals surface area contributed by atoms with E-state index in [2.05, 4.69) is 24.4 Å². The van der Waals surface area contributed by atoms with Crippen molar-refractivity contribution in [2.45, 2.75) is 47.9 Å². The first kappa shape index (κ1) is 39.1. The number of halogens is 18. The molecule has 0 fully saturated rings. The van der Waals surface area contributed by atoms with Gasteiger partial charge in [-0.3, -0.25) is 0 Å². The fourth-order valence-electron chi connectivity index (χ4n) is 4.05. The van der Waals surface area contributed by atoms with Crippen LogP contribution in [0.15, 0.2) is 60.8 Å². The quantitative estimate of drug-likeness (QED) is 0.135. The molecular formula is C27H14F18N4O2. The van der Waals surface area contributed by atoms with Crippen molar-refractivity contribution in [2.75, 3.05) is 13.2 Å². The lowest BCUT2D eigenvalue weighted by molar-refractivity contribution is -0.398. The summed E-state index contributed by atoms with van der Waals surface area (Å²) in [6.07, 6.45) is -13.3. The normalized spacial score (nSPS) is 14.2. The molecule has 2 aromatic carbocycles. The van der Waals surface area contributed by atoms with E-state index in [1.807, 2.05) is 0 Å². The van der Waals surface area contributed by atoms with Gasteiger partial charge in [0.1, 0.15) is 0 Å². The number of rotatable bonds is 12. The molecule has 0 saturated carbocycles. The van der Waals surface area contributed by atoms with Gasteiger partial charge in [0.2, 0.25) is 0 Å². The maximum atomic E-state index is 14.2. The Kier molecular flexibility index (Phi) is 9.61. The summed E-state index contributed by atoms with van der Waals surface area (Å²) in [6.45, 7) is -6.24. The highest BCUT2D eigenvalue weighted by Gasteiger charge is 2.83. The van der Waals surface area contributed by atoms with E-state index in [1.54, 1.807) is 18.2 Å². The average Bonchev–Trinajstić information content (AvgIpc) is 3.42. The van der Waals surface area contributed by atoms with Gasteiger partial charge in [0.25, 0.3) is 0 Å². The number of fused-ring (bicyclic) bond motifs is 1. The van der Waals surface area contributed by atoms with E-state index in [4.69, 9.17) is 0 Å². The molecule has 0 atom stereocenters. The maximum absolute atomic E-state index is 14.2. The Labute approximate surface area is 270 Å². The molecule has 0 aliphatic heterocycles. The van der Waals surface area contributed by atoms with Gasteiger partial charge in [0, 0.05) is 22.8 Å². The second-order valence-corrected chi connectivity index (χ2v) is 10.3. The molecule has 0 spiro atoms. The summed E-state index contributed by atoms with van der Waals surface area (Å²) in [5, 5.41) is 0.0628. The molecular weight excluding hydrogens is 754 g/mol. The lowest BCUT2D eigenvalue weighted by atomic mass is 10.0. The molecule has 4 aromatic rings. The van der Waals surface area contributed by atoms with E-state index in [0.29, 0.717) is 5.69 Å². The molecule has 0 amide bonds. The molecule has 0 N–H and O–H groups in total. The second-order valence-electron chi connectivity index (χ2n) is 10.3. The Hall–Kier alpha value is -4.67. The first-order valence-corrected chi connectivity index (χ1v) is 13.2. The van der Waals surface area contributed by atoms with Crippen LogP contribution in [0.3, 0.4) is 0 Å². The van der Waals surface area contributed by atoms with E-state index >= 15 is 0 Å². The van der Waals surface area contributed by atoms with Gasteiger partial charge in [-0.15, -0.1) is 4.98 Å². The molecule has 0 saturated heterocycles. The third-order valence-electron chi connectivity index (χ3n) is 6.77. The van der Waals surface area contributed by atoms with Crippen LogP contribution in [-0.4, -0.2) is 80.6 Å². The van der Waals surface area contributed by atoms with E-state index in [-0.39, 0.29) is 16.5 Å². The highest BCUT2D eigenvalue weighted by atomic mass is 19.4. The summed E-state index contributed by atoms with van der Waals surface area (Å²) in [5.41, 5.74) is 0.319. The maximum Gasteiger partial charge on any atom is 0.460 e. The van der Waals surface area contributed by atoms with Crippen molar-refractivity contribution in [3.05, 3.63) is 60.8 Å². The van der Waals surface area contributed by atoms with Crippen molar-refractivity contribution in [3.63, 3.8) is 0 Å². The van der Waals surface area contributed by atoms with Crippen LogP contribution in [0, 0.1) is 0 Å². The van der Waals surface area contributed by atoms with Crippen LogP contribution in [0.1, 0.15) is 0 Å². The van der Waals surface area contributed by atoms with Crippen molar-refractivity contribution in [1.29, 1.82) is 0 Å². The zero-order valence-electron chi connectivity index (χ0n) is 24.1. The first-order chi connectivity index (χ1) is 23.1. The summed E-state index contributed by atoms with van der Waals surface area (Å²) in [7, 11) is 0. The molecule has 0 radical (unpaired) electrons. The Morgan fingerprint density at radius 2 is 0.902 bits per heavy atom. The zero-order valence-corrected chi connectivity index (χ0v) is 24.1. The molecule has 24 heteroatoms. The second kappa shape index (κ2) is 12.5. The largest absolute Gasteiger partial charge is 0.460 e. The number of hydrogen-bond acceptors (Lipinski definition) is 5. The minimum atomic E-state index is -7.38. The topological polar surface area (TPSA) is 62.1 Å². The Morgan fingerprint density at radius 1 is 0.490 bits per heavy atom. The molecule has 0 aliphatic rings. The number of ether oxygens (including phenoxy) is 2. The number of alkyl halides is 18. The average molecular weight is 768 g/mol. The standard InChI is InChI=1S/C27H14F18N4O2/c28-20(29,22(32,33)24(36,37)26(40,41)42)11-50-18-46-17(15-10-49(13-6-2-1-3-7-13)16-9-5-4-8-14(15)16)47-19(48-18)51-12-21(30,31)23(34,35)25(38,39)27(43,44)45/h1-10H,11-12H2. The summed E-state index contributed by atoms with van der Waals surface area (Å²) in [6, 6.07) is 9.64. The van der Waals surface area contributed by atoms with E-state index in [1.165, 1.54) is 41.0 Å². The van der Waals surface area contributed by atoms with Crippen molar-refractivity contribution in [3.8, 4) is 29.1 Å². The Bertz CT molecular complexity index is 1780. The van der Waals surface area contributed by atoms with Gasteiger partial charge >= 0.3 is 59.9 Å². The van der Waals surface area contributed by atoms with Crippen LogP contribution in [0.2, 0.25) is 0 Å². The van der Waals surface area contributed by atoms with Crippen LogP contribution in [0.5, 0.6) is 12.0 Å². The summed E-state index contributed by atoms with van der Waals surface area (Å²) in [5.74, 6) is -43.1. The van der Waals surface area contributed by atoms with Crippen LogP contribution < -0.4 is 9.47 Å². The lowest BCUT2D eigenvalue weighted by Crippen LogP contribution is -2.62. The molecule has 4 rings (SSSR count).